The number of nitrogens with one attached hydrogen (secondary N) is 2. The Morgan fingerprint density at radius 3 is 2.42 bits per heavy atom. The summed E-state index contributed by atoms with van der Waals surface area (Å²) >= 11 is 5.83. The molecule has 1 saturated heterocycles. The lowest BCUT2D eigenvalue weighted by atomic mass is 10.0. The van der Waals surface area contributed by atoms with Gasteiger partial charge in [-0.15, -0.1) is 0 Å². The van der Waals surface area contributed by atoms with Gasteiger partial charge in [0.2, 0.25) is 0 Å². The second-order valence-electron chi connectivity index (χ2n) is 8.29. The van der Waals surface area contributed by atoms with Crippen LogP contribution >= 0.6 is 11.6 Å². The van der Waals surface area contributed by atoms with Crippen molar-refractivity contribution in [1.29, 1.82) is 0 Å². The number of hydrogen-bond acceptors (Lipinski definition) is 4. The Balaban J connectivity index is 1.63. The standard InChI is InChI=1S/C23H27ClFN5O3/c1-13-5-6-14(2)30(13)22(32)16-7-8-19(20(25)10-16)15(3)27-23(33)29(4)28-21(31)17-9-18(24)12-26-11-17/h7-15H,5-6H2,1-4H3,(H,27,33)(H,28,31)/t13?,14?,15-/m1/s1. The van der Waals surface area contributed by atoms with Crippen molar-refractivity contribution >= 4 is 29.4 Å². The summed E-state index contributed by atoms with van der Waals surface area (Å²) < 4.78 is 14.8. The Bertz CT molecular complexity index is 1060. The van der Waals surface area contributed by atoms with Gasteiger partial charge in [-0.2, -0.15) is 0 Å². The van der Waals surface area contributed by atoms with Gasteiger partial charge in [0.1, 0.15) is 5.82 Å². The highest BCUT2D eigenvalue weighted by Crippen LogP contribution is 2.27. The van der Waals surface area contributed by atoms with Crippen LogP contribution in [0.3, 0.4) is 0 Å². The molecule has 3 rings (SSSR count). The minimum absolute atomic E-state index is 0.113. The van der Waals surface area contributed by atoms with Crippen molar-refractivity contribution < 1.29 is 18.8 Å². The number of halogens is 2. The van der Waals surface area contributed by atoms with Crippen LogP contribution in [0, 0.1) is 5.82 Å². The molecule has 3 atom stereocenters. The van der Waals surface area contributed by atoms with Crippen LogP contribution in [0.4, 0.5) is 9.18 Å². The maximum Gasteiger partial charge on any atom is 0.336 e. The van der Waals surface area contributed by atoms with E-state index in [0.29, 0.717) is 0 Å². The number of amides is 4. The maximum absolute atomic E-state index is 14.8. The minimum atomic E-state index is -0.710. The van der Waals surface area contributed by atoms with Crippen LogP contribution in [0.5, 0.6) is 0 Å². The average molecular weight is 476 g/mol. The quantitative estimate of drug-likeness (QED) is 0.655. The second kappa shape index (κ2) is 10.2. The van der Waals surface area contributed by atoms with E-state index < -0.39 is 23.8 Å². The van der Waals surface area contributed by atoms with Crippen molar-refractivity contribution in [1.82, 2.24) is 25.6 Å². The number of likely N-dealkylation sites (tertiary alicyclic amines) is 1. The average Bonchev–Trinajstić information content (AvgIpc) is 3.10. The van der Waals surface area contributed by atoms with Crippen LogP contribution in [0.1, 0.15) is 65.9 Å². The molecule has 4 amide bonds. The third-order valence-corrected chi connectivity index (χ3v) is 5.99. The monoisotopic (exact) mass is 475 g/mol. The van der Waals surface area contributed by atoms with Gasteiger partial charge in [-0.05, 0) is 51.8 Å². The van der Waals surface area contributed by atoms with Crippen molar-refractivity contribution in [2.24, 2.45) is 0 Å². The first kappa shape index (κ1) is 24.4. The van der Waals surface area contributed by atoms with Crippen molar-refractivity contribution in [3.8, 4) is 0 Å². The molecule has 0 spiro atoms. The van der Waals surface area contributed by atoms with Crippen LogP contribution in [0.25, 0.3) is 0 Å². The summed E-state index contributed by atoms with van der Waals surface area (Å²) in [7, 11) is 1.36. The van der Waals surface area contributed by atoms with E-state index in [2.05, 4.69) is 15.7 Å². The van der Waals surface area contributed by atoms with E-state index in [9.17, 15) is 18.8 Å². The molecule has 1 aromatic heterocycles. The van der Waals surface area contributed by atoms with Gasteiger partial charge in [0.25, 0.3) is 11.8 Å². The van der Waals surface area contributed by atoms with Crippen molar-refractivity contribution in [2.75, 3.05) is 7.05 Å². The lowest BCUT2D eigenvalue weighted by Gasteiger charge is -2.27. The van der Waals surface area contributed by atoms with Gasteiger partial charge in [-0.3, -0.25) is 20.0 Å². The first-order valence-electron chi connectivity index (χ1n) is 10.7. The zero-order valence-electron chi connectivity index (χ0n) is 18.9. The molecule has 0 radical (unpaired) electrons. The van der Waals surface area contributed by atoms with Crippen LogP contribution < -0.4 is 10.7 Å². The molecule has 0 bridgehead atoms. The molecule has 10 heteroatoms. The van der Waals surface area contributed by atoms with E-state index in [4.69, 9.17) is 11.6 Å². The summed E-state index contributed by atoms with van der Waals surface area (Å²) in [5, 5.41) is 3.85. The lowest BCUT2D eigenvalue weighted by molar-refractivity contribution is 0.0692. The molecule has 8 nitrogen and oxygen atoms in total. The van der Waals surface area contributed by atoms with Gasteiger partial charge in [-0.1, -0.05) is 17.7 Å². The van der Waals surface area contributed by atoms with Crippen LogP contribution in [0.2, 0.25) is 5.02 Å². The van der Waals surface area contributed by atoms with E-state index in [1.54, 1.807) is 17.9 Å². The number of nitrogens with zero attached hydrogens (tertiary/aromatic N) is 3. The van der Waals surface area contributed by atoms with Crippen molar-refractivity contribution in [3.63, 3.8) is 0 Å². The van der Waals surface area contributed by atoms with E-state index >= 15 is 0 Å². The fourth-order valence-electron chi connectivity index (χ4n) is 3.92. The number of hydrogen-bond donors (Lipinski definition) is 2. The molecule has 1 aliphatic heterocycles. The van der Waals surface area contributed by atoms with E-state index in [0.717, 1.165) is 17.9 Å². The minimum Gasteiger partial charge on any atom is -0.333 e. The predicted molar refractivity (Wildman–Crippen MR) is 122 cm³/mol. The van der Waals surface area contributed by atoms with Crippen LogP contribution in [0.15, 0.2) is 36.7 Å². The number of benzene rings is 1. The molecule has 1 aliphatic rings. The van der Waals surface area contributed by atoms with Gasteiger partial charge in [0.15, 0.2) is 0 Å². The third kappa shape index (κ3) is 5.60. The number of rotatable bonds is 4. The van der Waals surface area contributed by atoms with Crippen molar-refractivity contribution in [2.45, 2.75) is 51.7 Å². The smallest absolute Gasteiger partial charge is 0.333 e. The van der Waals surface area contributed by atoms with Gasteiger partial charge >= 0.3 is 6.03 Å². The van der Waals surface area contributed by atoms with Gasteiger partial charge < -0.3 is 10.2 Å². The van der Waals surface area contributed by atoms with Crippen molar-refractivity contribution in [3.05, 3.63) is 64.2 Å². The summed E-state index contributed by atoms with van der Waals surface area (Å²) in [6, 6.07) is 4.55. The maximum atomic E-state index is 14.8. The largest absolute Gasteiger partial charge is 0.336 e. The first-order chi connectivity index (χ1) is 15.6. The topological polar surface area (TPSA) is 94.6 Å². The van der Waals surface area contributed by atoms with Gasteiger partial charge in [-0.25, -0.2) is 14.2 Å². The van der Waals surface area contributed by atoms with Gasteiger partial charge in [0, 0.05) is 42.7 Å². The number of pyridine rings is 1. The summed E-state index contributed by atoms with van der Waals surface area (Å²) in [4.78, 5) is 43.2. The summed E-state index contributed by atoms with van der Waals surface area (Å²) in [5.41, 5.74) is 3.08. The molecule has 2 N–H and O–H groups in total. The Morgan fingerprint density at radius 1 is 1.15 bits per heavy atom. The zero-order chi connectivity index (χ0) is 24.3. The Labute approximate surface area is 197 Å². The number of aromatic nitrogens is 1. The highest BCUT2D eigenvalue weighted by atomic mass is 35.5. The molecule has 2 aromatic rings. The summed E-state index contributed by atoms with van der Waals surface area (Å²) in [5.74, 6) is -1.37. The Morgan fingerprint density at radius 2 is 1.82 bits per heavy atom. The second-order valence-corrected chi connectivity index (χ2v) is 8.72. The fourth-order valence-corrected chi connectivity index (χ4v) is 4.09. The molecule has 0 saturated carbocycles. The fraction of sp³-hybridized carbons (Fsp3) is 0.391. The SMILES string of the molecule is CC1CCC(C)N1C(=O)c1ccc([C@@H](C)NC(=O)N(C)NC(=O)c2cncc(Cl)c2)c(F)c1. The van der Waals surface area contributed by atoms with Gasteiger partial charge in [0.05, 0.1) is 16.6 Å². The van der Waals surface area contributed by atoms with E-state index in [-0.39, 0.29) is 39.7 Å². The highest BCUT2D eigenvalue weighted by molar-refractivity contribution is 6.30. The number of carbonyl (C=O) groups excluding carboxylic acids is 3. The predicted octanol–water partition coefficient (Wildman–Crippen LogP) is 3.93. The highest BCUT2D eigenvalue weighted by Gasteiger charge is 2.32. The molecular weight excluding hydrogens is 449 g/mol. The molecule has 1 fully saturated rings. The molecule has 2 heterocycles. The Kier molecular flexibility index (Phi) is 7.53. The zero-order valence-corrected chi connectivity index (χ0v) is 19.7. The lowest BCUT2D eigenvalue weighted by Crippen LogP contribution is -2.48. The molecule has 176 valence electrons. The molecule has 0 aliphatic carbocycles. The first-order valence-corrected chi connectivity index (χ1v) is 11.0. The normalized spacial score (nSPS) is 18.5. The van der Waals surface area contributed by atoms with Crippen LogP contribution in [-0.2, 0) is 0 Å². The molecule has 33 heavy (non-hydrogen) atoms. The number of hydrazine groups is 1. The third-order valence-electron chi connectivity index (χ3n) is 5.78. The molecule has 2 unspecified atom stereocenters. The summed E-state index contributed by atoms with van der Waals surface area (Å²) in [6.45, 7) is 5.59. The molecule has 1 aromatic carbocycles. The van der Waals surface area contributed by atoms with E-state index in [1.807, 2.05) is 13.8 Å². The Hall–Kier alpha value is -3.20. The van der Waals surface area contributed by atoms with Crippen LogP contribution in [-0.4, -0.2) is 51.9 Å². The number of urea groups is 1. The summed E-state index contributed by atoms with van der Waals surface area (Å²) in [6.07, 6.45) is 4.55. The molecular formula is C23H27ClFN5O3. The van der Waals surface area contributed by atoms with E-state index in [1.165, 1.54) is 37.6 Å². The number of carbonyl (C=O) groups is 3.